The molecule has 1 N–H and O–H groups in total. The lowest BCUT2D eigenvalue weighted by molar-refractivity contribution is -0.141. The molecule has 0 aromatic heterocycles. The fourth-order valence-corrected chi connectivity index (χ4v) is 1.78. The molecule has 0 spiro atoms. The Labute approximate surface area is 94.1 Å². The average Bonchev–Trinajstić information content (AvgIpc) is 2.18. The van der Waals surface area contributed by atoms with Gasteiger partial charge >= 0.3 is 5.97 Å². The summed E-state index contributed by atoms with van der Waals surface area (Å²) in [6.07, 6.45) is 8.30. The van der Waals surface area contributed by atoms with Crippen molar-refractivity contribution in [2.75, 3.05) is 0 Å². The van der Waals surface area contributed by atoms with Crippen molar-refractivity contribution in [3.63, 3.8) is 0 Å². The number of hydrogen-bond donors (Lipinski definition) is 1. The van der Waals surface area contributed by atoms with Crippen LogP contribution in [0.1, 0.15) is 65.7 Å². The number of carboxylic acids is 1. The van der Waals surface area contributed by atoms with Gasteiger partial charge in [0.05, 0.1) is 5.92 Å². The maximum Gasteiger partial charge on any atom is 0.306 e. The highest BCUT2D eigenvalue weighted by atomic mass is 16.4. The number of rotatable bonds is 9. The second-order valence-electron chi connectivity index (χ2n) is 4.77. The van der Waals surface area contributed by atoms with E-state index in [4.69, 9.17) is 5.11 Å². The van der Waals surface area contributed by atoms with Crippen molar-refractivity contribution in [3.05, 3.63) is 0 Å². The zero-order valence-corrected chi connectivity index (χ0v) is 10.5. The minimum absolute atomic E-state index is 0.173. The Morgan fingerprint density at radius 3 is 2.20 bits per heavy atom. The van der Waals surface area contributed by atoms with E-state index in [1.807, 2.05) is 0 Å². The van der Waals surface area contributed by atoms with Crippen LogP contribution in [0.3, 0.4) is 0 Å². The van der Waals surface area contributed by atoms with Crippen molar-refractivity contribution in [1.82, 2.24) is 0 Å². The van der Waals surface area contributed by atoms with E-state index in [-0.39, 0.29) is 5.92 Å². The Balaban J connectivity index is 3.38. The standard InChI is InChI=1S/C13H26O2/c1-4-5-6-8-11(2)9-7-10-12(3)13(14)15/h11-12H,4-10H2,1-3H3,(H,14,15)/t11-,12+/m0/s1. The van der Waals surface area contributed by atoms with Crippen LogP contribution < -0.4 is 0 Å². The maximum atomic E-state index is 10.6. The summed E-state index contributed by atoms with van der Waals surface area (Å²) >= 11 is 0. The molecule has 0 rings (SSSR count). The van der Waals surface area contributed by atoms with Crippen molar-refractivity contribution in [3.8, 4) is 0 Å². The Bertz CT molecular complexity index is 166. The number of carbonyl (C=O) groups is 1. The molecule has 0 amide bonds. The molecule has 2 atom stereocenters. The fraction of sp³-hybridized carbons (Fsp3) is 0.923. The van der Waals surface area contributed by atoms with Crippen LogP contribution in [-0.2, 0) is 4.79 Å². The summed E-state index contributed by atoms with van der Waals surface area (Å²) in [4.78, 5) is 10.6. The van der Waals surface area contributed by atoms with E-state index in [1.165, 1.54) is 32.1 Å². The van der Waals surface area contributed by atoms with Gasteiger partial charge in [0.25, 0.3) is 0 Å². The third-order valence-electron chi connectivity index (χ3n) is 3.06. The van der Waals surface area contributed by atoms with Crippen molar-refractivity contribution >= 4 is 5.97 Å². The normalized spacial score (nSPS) is 14.9. The van der Waals surface area contributed by atoms with Crippen LogP contribution >= 0.6 is 0 Å². The molecular weight excluding hydrogens is 188 g/mol. The van der Waals surface area contributed by atoms with Gasteiger partial charge in [0.2, 0.25) is 0 Å². The number of unbranched alkanes of at least 4 members (excludes halogenated alkanes) is 2. The Morgan fingerprint density at radius 2 is 1.67 bits per heavy atom. The van der Waals surface area contributed by atoms with Gasteiger partial charge in [-0.1, -0.05) is 59.3 Å². The molecule has 0 aromatic rings. The smallest absolute Gasteiger partial charge is 0.306 e. The van der Waals surface area contributed by atoms with Crippen molar-refractivity contribution in [1.29, 1.82) is 0 Å². The molecular formula is C13H26O2. The summed E-state index contributed by atoms with van der Waals surface area (Å²) in [7, 11) is 0. The first-order valence-electron chi connectivity index (χ1n) is 6.30. The van der Waals surface area contributed by atoms with Crippen LogP contribution in [0.15, 0.2) is 0 Å². The first-order valence-corrected chi connectivity index (χ1v) is 6.30. The minimum Gasteiger partial charge on any atom is -0.481 e. The monoisotopic (exact) mass is 214 g/mol. The fourth-order valence-electron chi connectivity index (χ4n) is 1.78. The predicted molar refractivity (Wildman–Crippen MR) is 64.0 cm³/mol. The molecule has 0 fully saturated rings. The van der Waals surface area contributed by atoms with Crippen molar-refractivity contribution < 1.29 is 9.90 Å². The molecule has 90 valence electrons. The van der Waals surface area contributed by atoms with Gasteiger partial charge < -0.3 is 5.11 Å². The van der Waals surface area contributed by atoms with Gasteiger partial charge in [0.15, 0.2) is 0 Å². The lowest BCUT2D eigenvalue weighted by Gasteiger charge is -2.11. The summed E-state index contributed by atoms with van der Waals surface area (Å²) in [5.74, 6) is -0.0703. The SMILES string of the molecule is CCCCC[C@H](C)CCC[C@@H](C)C(=O)O. The first-order chi connectivity index (χ1) is 7.07. The molecule has 0 aliphatic carbocycles. The first kappa shape index (κ1) is 14.5. The average molecular weight is 214 g/mol. The molecule has 0 bridgehead atoms. The van der Waals surface area contributed by atoms with E-state index in [0.29, 0.717) is 0 Å². The van der Waals surface area contributed by atoms with Crippen LogP contribution in [-0.4, -0.2) is 11.1 Å². The van der Waals surface area contributed by atoms with Crippen LogP contribution in [0.25, 0.3) is 0 Å². The van der Waals surface area contributed by atoms with Crippen molar-refractivity contribution in [2.45, 2.75) is 65.7 Å². The quantitative estimate of drug-likeness (QED) is 0.587. The van der Waals surface area contributed by atoms with E-state index in [2.05, 4.69) is 13.8 Å². The van der Waals surface area contributed by atoms with Crippen LogP contribution in [0.5, 0.6) is 0 Å². The minimum atomic E-state index is -0.659. The molecule has 0 saturated carbocycles. The highest BCUT2D eigenvalue weighted by molar-refractivity contribution is 5.69. The van der Waals surface area contributed by atoms with Gasteiger partial charge in [-0.2, -0.15) is 0 Å². The van der Waals surface area contributed by atoms with E-state index in [1.54, 1.807) is 6.92 Å². The predicted octanol–water partition coefficient (Wildman–Crippen LogP) is 4.09. The molecule has 15 heavy (non-hydrogen) atoms. The Kier molecular flexibility index (Phi) is 8.44. The van der Waals surface area contributed by atoms with Gasteiger partial charge in [-0.05, 0) is 12.3 Å². The molecule has 0 unspecified atom stereocenters. The molecule has 2 heteroatoms. The summed E-state index contributed by atoms with van der Waals surface area (Å²) < 4.78 is 0. The zero-order chi connectivity index (χ0) is 11.7. The molecule has 0 aliphatic heterocycles. The maximum absolute atomic E-state index is 10.6. The molecule has 0 radical (unpaired) electrons. The van der Waals surface area contributed by atoms with E-state index in [9.17, 15) is 4.79 Å². The lowest BCUT2D eigenvalue weighted by atomic mass is 9.95. The Hall–Kier alpha value is -0.530. The Morgan fingerprint density at radius 1 is 1.07 bits per heavy atom. The molecule has 0 aliphatic rings. The van der Waals surface area contributed by atoms with Gasteiger partial charge in [0.1, 0.15) is 0 Å². The lowest BCUT2D eigenvalue weighted by Crippen LogP contribution is -2.09. The highest BCUT2D eigenvalue weighted by Crippen LogP contribution is 2.18. The van der Waals surface area contributed by atoms with Gasteiger partial charge in [-0.3, -0.25) is 4.79 Å². The number of aliphatic carboxylic acids is 1. The zero-order valence-electron chi connectivity index (χ0n) is 10.5. The molecule has 0 saturated heterocycles. The van der Waals surface area contributed by atoms with Crippen LogP contribution in [0.4, 0.5) is 0 Å². The molecule has 2 nitrogen and oxygen atoms in total. The summed E-state index contributed by atoms with van der Waals surface area (Å²) in [6, 6.07) is 0. The number of hydrogen-bond acceptors (Lipinski definition) is 1. The third-order valence-corrected chi connectivity index (χ3v) is 3.06. The van der Waals surface area contributed by atoms with Crippen molar-refractivity contribution in [2.24, 2.45) is 11.8 Å². The van der Waals surface area contributed by atoms with Gasteiger partial charge in [-0.25, -0.2) is 0 Å². The van der Waals surface area contributed by atoms with Gasteiger partial charge in [-0.15, -0.1) is 0 Å². The highest BCUT2D eigenvalue weighted by Gasteiger charge is 2.10. The summed E-state index contributed by atoms with van der Waals surface area (Å²) in [5.41, 5.74) is 0. The van der Waals surface area contributed by atoms with Gasteiger partial charge in [0, 0.05) is 0 Å². The topological polar surface area (TPSA) is 37.3 Å². The summed E-state index contributed by atoms with van der Waals surface area (Å²) in [6.45, 7) is 6.30. The molecule has 0 aromatic carbocycles. The van der Waals surface area contributed by atoms with E-state index in [0.717, 1.165) is 18.8 Å². The second-order valence-corrected chi connectivity index (χ2v) is 4.77. The molecule has 0 heterocycles. The second kappa shape index (κ2) is 8.75. The van der Waals surface area contributed by atoms with E-state index < -0.39 is 5.97 Å². The van der Waals surface area contributed by atoms with Crippen LogP contribution in [0, 0.1) is 11.8 Å². The third kappa shape index (κ3) is 8.46. The van der Waals surface area contributed by atoms with E-state index >= 15 is 0 Å². The number of carboxylic acid groups (broad SMARTS) is 1. The largest absolute Gasteiger partial charge is 0.481 e. The summed E-state index contributed by atoms with van der Waals surface area (Å²) in [5, 5.41) is 8.72. The van der Waals surface area contributed by atoms with Crippen LogP contribution in [0.2, 0.25) is 0 Å².